The summed E-state index contributed by atoms with van der Waals surface area (Å²) in [7, 11) is 0. The number of aromatic carboxylic acids is 1. The molecule has 0 atom stereocenters. The number of carboxylic acids is 1. The molecule has 9 heteroatoms. The van der Waals surface area contributed by atoms with Crippen LogP contribution in [0.2, 0.25) is 0 Å². The molecule has 3 rings (SSSR count). The number of hydrogen-bond acceptors (Lipinski definition) is 6. The van der Waals surface area contributed by atoms with Gasteiger partial charge >= 0.3 is 35.5 Å². The number of piperazine rings is 1. The molecule has 0 bridgehead atoms. The molecule has 1 saturated heterocycles. The van der Waals surface area contributed by atoms with Crippen molar-refractivity contribution in [2.75, 3.05) is 31.1 Å². The van der Waals surface area contributed by atoms with Crippen molar-refractivity contribution in [1.82, 2.24) is 19.9 Å². The standard InChI is InChI=1S/C14H17N5O3.Na.H/c1-2-18-8-10(13(21)22)11(20)9-7-16-14(17-12(9)18)19-5-3-15-4-6-19;;/h7-8,15H,2-6H2,1H3,(H,21,22);;. The van der Waals surface area contributed by atoms with Crippen molar-refractivity contribution in [2.24, 2.45) is 0 Å². The van der Waals surface area contributed by atoms with Crippen molar-refractivity contribution in [3.8, 4) is 0 Å². The minimum atomic E-state index is -1.24. The van der Waals surface area contributed by atoms with Gasteiger partial charge in [-0.05, 0) is 6.92 Å². The molecular formula is C14H18N5NaO3. The van der Waals surface area contributed by atoms with Crippen molar-refractivity contribution in [2.45, 2.75) is 13.5 Å². The van der Waals surface area contributed by atoms with Crippen LogP contribution in [0.3, 0.4) is 0 Å². The van der Waals surface area contributed by atoms with Crippen LogP contribution in [0, 0.1) is 0 Å². The van der Waals surface area contributed by atoms with Crippen LogP contribution in [0.5, 0.6) is 0 Å². The van der Waals surface area contributed by atoms with Crippen LogP contribution in [-0.4, -0.2) is 81.3 Å². The molecule has 2 N–H and O–H groups in total. The Morgan fingerprint density at radius 2 is 2.09 bits per heavy atom. The molecule has 0 aromatic carbocycles. The first-order valence-electron chi connectivity index (χ1n) is 7.21. The number of hydrogen-bond donors (Lipinski definition) is 2. The van der Waals surface area contributed by atoms with Gasteiger partial charge < -0.3 is 19.9 Å². The Bertz CT molecular complexity index is 786. The summed E-state index contributed by atoms with van der Waals surface area (Å²) in [4.78, 5) is 34.2. The molecule has 8 nitrogen and oxygen atoms in total. The second kappa shape index (κ2) is 7.39. The van der Waals surface area contributed by atoms with E-state index >= 15 is 0 Å². The molecule has 0 spiro atoms. The first-order valence-corrected chi connectivity index (χ1v) is 7.21. The number of aryl methyl sites for hydroxylation is 1. The number of carbonyl (C=O) groups is 1. The van der Waals surface area contributed by atoms with Crippen molar-refractivity contribution >= 4 is 52.5 Å². The summed E-state index contributed by atoms with van der Waals surface area (Å²) in [5.74, 6) is -0.668. The maximum absolute atomic E-state index is 12.2. The molecule has 0 unspecified atom stereocenters. The fraction of sp³-hybridized carbons (Fsp3) is 0.429. The van der Waals surface area contributed by atoms with E-state index < -0.39 is 11.4 Å². The summed E-state index contributed by atoms with van der Waals surface area (Å²) in [6, 6.07) is 0. The van der Waals surface area contributed by atoms with Crippen LogP contribution in [0.25, 0.3) is 11.0 Å². The van der Waals surface area contributed by atoms with Gasteiger partial charge in [0, 0.05) is 45.1 Å². The van der Waals surface area contributed by atoms with Gasteiger partial charge in [-0.15, -0.1) is 0 Å². The quantitative estimate of drug-likeness (QED) is 0.717. The molecule has 1 aliphatic rings. The predicted octanol–water partition coefficient (Wildman–Crippen LogP) is -0.729. The van der Waals surface area contributed by atoms with Crippen LogP contribution in [0.4, 0.5) is 5.95 Å². The van der Waals surface area contributed by atoms with Gasteiger partial charge in [0.15, 0.2) is 0 Å². The number of aromatic nitrogens is 3. The van der Waals surface area contributed by atoms with Crippen LogP contribution in [0.15, 0.2) is 17.2 Å². The predicted molar refractivity (Wildman–Crippen MR) is 88.7 cm³/mol. The number of pyridine rings is 1. The summed E-state index contributed by atoms with van der Waals surface area (Å²) in [5, 5.41) is 12.6. The van der Waals surface area contributed by atoms with E-state index in [0.29, 0.717) is 18.1 Å². The molecule has 23 heavy (non-hydrogen) atoms. The fourth-order valence-electron chi connectivity index (χ4n) is 2.57. The van der Waals surface area contributed by atoms with E-state index in [-0.39, 0.29) is 40.5 Å². The third-order valence-corrected chi connectivity index (χ3v) is 3.77. The third-order valence-electron chi connectivity index (χ3n) is 3.77. The van der Waals surface area contributed by atoms with E-state index in [1.807, 2.05) is 11.8 Å². The third kappa shape index (κ3) is 3.40. The molecule has 2 aromatic rings. The van der Waals surface area contributed by atoms with E-state index in [9.17, 15) is 9.59 Å². The Morgan fingerprint density at radius 3 is 2.70 bits per heavy atom. The SMILES string of the molecule is CCn1cc(C(=O)O)c(=O)c2cnc(N3CCNCC3)nc21.[NaH]. The van der Waals surface area contributed by atoms with Gasteiger partial charge in [0.25, 0.3) is 0 Å². The Hall–Kier alpha value is -1.48. The average molecular weight is 327 g/mol. The van der Waals surface area contributed by atoms with Crippen LogP contribution >= 0.6 is 0 Å². The van der Waals surface area contributed by atoms with Crippen molar-refractivity contribution in [3.63, 3.8) is 0 Å². The van der Waals surface area contributed by atoms with Crippen LogP contribution < -0.4 is 15.6 Å². The van der Waals surface area contributed by atoms with Gasteiger partial charge in [-0.3, -0.25) is 4.79 Å². The molecular weight excluding hydrogens is 309 g/mol. The molecule has 0 aliphatic carbocycles. The van der Waals surface area contributed by atoms with Gasteiger partial charge in [-0.2, -0.15) is 4.98 Å². The molecule has 0 saturated carbocycles. The zero-order valence-electron chi connectivity index (χ0n) is 12.2. The number of anilines is 1. The summed E-state index contributed by atoms with van der Waals surface area (Å²) < 4.78 is 1.67. The first-order chi connectivity index (χ1) is 10.6. The van der Waals surface area contributed by atoms with E-state index in [2.05, 4.69) is 15.3 Å². The molecule has 3 heterocycles. The summed E-state index contributed by atoms with van der Waals surface area (Å²) in [5.41, 5.74) is -0.326. The topological polar surface area (TPSA) is 100 Å². The average Bonchev–Trinajstić information content (AvgIpc) is 2.55. The normalized spacial score (nSPS) is 14.6. The fourth-order valence-corrected chi connectivity index (χ4v) is 2.57. The molecule has 0 amide bonds. The minimum absolute atomic E-state index is 0. The number of nitrogens with one attached hydrogen (secondary N) is 1. The maximum atomic E-state index is 12.2. The van der Waals surface area contributed by atoms with E-state index in [4.69, 9.17) is 5.11 Å². The van der Waals surface area contributed by atoms with Gasteiger partial charge in [0.1, 0.15) is 11.2 Å². The van der Waals surface area contributed by atoms with Crippen molar-refractivity contribution < 1.29 is 9.90 Å². The van der Waals surface area contributed by atoms with Gasteiger partial charge in [0.05, 0.1) is 5.39 Å². The Balaban J connectivity index is 0.00000192. The number of nitrogens with zero attached hydrogens (tertiary/aromatic N) is 4. The van der Waals surface area contributed by atoms with Crippen LogP contribution in [0.1, 0.15) is 17.3 Å². The number of rotatable bonds is 3. The molecule has 2 aromatic heterocycles. The van der Waals surface area contributed by atoms with Crippen molar-refractivity contribution in [3.05, 3.63) is 28.2 Å². The summed E-state index contributed by atoms with van der Waals surface area (Å²) in [6.07, 6.45) is 2.78. The molecule has 118 valence electrons. The van der Waals surface area contributed by atoms with E-state index in [1.54, 1.807) is 4.57 Å². The van der Waals surface area contributed by atoms with E-state index in [0.717, 1.165) is 26.2 Å². The van der Waals surface area contributed by atoms with Gasteiger partial charge in [0.2, 0.25) is 11.4 Å². The molecule has 1 fully saturated rings. The summed E-state index contributed by atoms with van der Waals surface area (Å²) >= 11 is 0. The molecule has 0 radical (unpaired) electrons. The van der Waals surface area contributed by atoms with E-state index in [1.165, 1.54) is 12.4 Å². The monoisotopic (exact) mass is 327 g/mol. The number of carboxylic acid groups (broad SMARTS) is 1. The second-order valence-electron chi connectivity index (χ2n) is 5.11. The van der Waals surface area contributed by atoms with Gasteiger partial charge in [-0.25, -0.2) is 9.78 Å². The van der Waals surface area contributed by atoms with Crippen LogP contribution in [-0.2, 0) is 6.54 Å². The summed E-state index contributed by atoms with van der Waals surface area (Å²) in [6.45, 7) is 5.72. The van der Waals surface area contributed by atoms with Crippen molar-refractivity contribution in [1.29, 1.82) is 0 Å². The van der Waals surface area contributed by atoms with Gasteiger partial charge in [-0.1, -0.05) is 0 Å². The Morgan fingerprint density at radius 1 is 1.39 bits per heavy atom. The number of fused-ring (bicyclic) bond motifs is 1. The zero-order chi connectivity index (χ0) is 15.7. The zero-order valence-corrected chi connectivity index (χ0v) is 12.2. The first kappa shape index (κ1) is 17.9. The molecule has 1 aliphatic heterocycles. The Labute approximate surface area is 154 Å². The Kier molecular flexibility index (Phi) is 5.74. The second-order valence-corrected chi connectivity index (χ2v) is 5.11.